The number of nitrogens with zero attached hydrogens (tertiary/aromatic N) is 2. The summed E-state index contributed by atoms with van der Waals surface area (Å²) < 4.78 is 0. The van der Waals surface area contributed by atoms with Gasteiger partial charge in [0.05, 0.1) is 22.8 Å². The fourth-order valence-corrected chi connectivity index (χ4v) is 2.36. The molecule has 0 aliphatic heterocycles. The van der Waals surface area contributed by atoms with Gasteiger partial charge in [-0.1, -0.05) is 17.7 Å². The SMILES string of the molecule is Cc1ccc(NC(=O)c2cncc(C(=O)Nc3ccc(C#N)cc3)c2)cc1. The van der Waals surface area contributed by atoms with Crippen molar-refractivity contribution in [2.75, 3.05) is 10.6 Å². The molecular weight excluding hydrogens is 340 g/mol. The highest BCUT2D eigenvalue weighted by atomic mass is 16.2. The van der Waals surface area contributed by atoms with Crippen LogP contribution in [0.25, 0.3) is 0 Å². The van der Waals surface area contributed by atoms with Gasteiger partial charge >= 0.3 is 0 Å². The fourth-order valence-electron chi connectivity index (χ4n) is 2.36. The minimum Gasteiger partial charge on any atom is -0.322 e. The molecule has 0 atom stereocenters. The predicted molar refractivity (Wildman–Crippen MR) is 102 cm³/mol. The molecule has 0 fully saturated rings. The lowest BCUT2D eigenvalue weighted by molar-refractivity contribution is 0.102. The van der Waals surface area contributed by atoms with Crippen LogP contribution in [0.15, 0.2) is 67.0 Å². The summed E-state index contributed by atoms with van der Waals surface area (Å²) in [6.07, 6.45) is 2.80. The molecule has 0 saturated heterocycles. The highest BCUT2D eigenvalue weighted by Gasteiger charge is 2.12. The molecule has 0 radical (unpaired) electrons. The molecule has 1 aromatic heterocycles. The van der Waals surface area contributed by atoms with Gasteiger partial charge in [-0.15, -0.1) is 0 Å². The second kappa shape index (κ2) is 7.93. The molecule has 0 saturated carbocycles. The normalized spacial score (nSPS) is 9.93. The van der Waals surface area contributed by atoms with Crippen molar-refractivity contribution in [2.24, 2.45) is 0 Å². The number of hydrogen-bond donors (Lipinski definition) is 2. The molecule has 0 aliphatic rings. The topological polar surface area (TPSA) is 94.9 Å². The maximum absolute atomic E-state index is 12.4. The maximum Gasteiger partial charge on any atom is 0.257 e. The van der Waals surface area contributed by atoms with Crippen LogP contribution in [0, 0.1) is 18.3 Å². The summed E-state index contributed by atoms with van der Waals surface area (Å²) in [6.45, 7) is 1.96. The lowest BCUT2D eigenvalue weighted by atomic mass is 10.1. The number of aromatic nitrogens is 1. The average Bonchev–Trinajstić information content (AvgIpc) is 2.70. The van der Waals surface area contributed by atoms with Gasteiger partial charge < -0.3 is 10.6 Å². The molecular formula is C21H16N4O2. The number of benzene rings is 2. The van der Waals surface area contributed by atoms with E-state index >= 15 is 0 Å². The van der Waals surface area contributed by atoms with Gasteiger partial charge in [-0.25, -0.2) is 0 Å². The number of nitrogens with one attached hydrogen (secondary N) is 2. The Balaban J connectivity index is 1.71. The number of rotatable bonds is 4. The Morgan fingerprint density at radius 1 is 0.852 bits per heavy atom. The van der Waals surface area contributed by atoms with E-state index in [1.165, 1.54) is 18.5 Å². The third kappa shape index (κ3) is 4.55. The number of carbonyl (C=O) groups excluding carboxylic acids is 2. The van der Waals surface area contributed by atoms with Crippen molar-refractivity contribution in [1.29, 1.82) is 5.26 Å². The zero-order valence-corrected chi connectivity index (χ0v) is 14.6. The van der Waals surface area contributed by atoms with Crippen LogP contribution in [0.4, 0.5) is 11.4 Å². The summed E-state index contributed by atoms with van der Waals surface area (Å²) in [6, 6.07) is 17.4. The van der Waals surface area contributed by atoms with Crippen LogP contribution in [0.5, 0.6) is 0 Å². The molecule has 1 heterocycles. The summed E-state index contributed by atoms with van der Waals surface area (Å²) in [7, 11) is 0. The van der Waals surface area contributed by atoms with Crippen molar-refractivity contribution < 1.29 is 9.59 Å². The van der Waals surface area contributed by atoms with E-state index in [1.54, 1.807) is 24.3 Å². The molecule has 2 amide bonds. The Labute approximate surface area is 156 Å². The summed E-state index contributed by atoms with van der Waals surface area (Å²) in [5.74, 6) is -0.739. The van der Waals surface area contributed by atoms with Crippen LogP contribution in [0.1, 0.15) is 31.8 Å². The van der Waals surface area contributed by atoms with E-state index in [-0.39, 0.29) is 17.0 Å². The van der Waals surface area contributed by atoms with Crippen LogP contribution < -0.4 is 10.6 Å². The first-order valence-electron chi connectivity index (χ1n) is 8.20. The van der Waals surface area contributed by atoms with Crippen LogP contribution in [0.2, 0.25) is 0 Å². The number of aryl methyl sites for hydroxylation is 1. The third-order valence-corrected chi connectivity index (χ3v) is 3.84. The number of amides is 2. The van der Waals surface area contributed by atoms with Crippen molar-refractivity contribution in [3.63, 3.8) is 0 Å². The zero-order valence-electron chi connectivity index (χ0n) is 14.6. The molecule has 3 rings (SSSR count). The highest BCUT2D eigenvalue weighted by Crippen LogP contribution is 2.13. The van der Waals surface area contributed by atoms with E-state index in [2.05, 4.69) is 15.6 Å². The standard InChI is InChI=1S/C21H16N4O2/c1-14-2-6-18(7-3-14)24-20(26)16-10-17(13-23-12-16)21(27)25-19-8-4-15(11-22)5-9-19/h2-10,12-13H,1H3,(H,24,26)(H,25,27). The summed E-state index contributed by atoms with van der Waals surface area (Å²) in [5, 5.41) is 14.3. The molecule has 0 aliphatic carbocycles. The van der Waals surface area contributed by atoms with Crippen molar-refractivity contribution in [3.8, 4) is 6.07 Å². The Morgan fingerprint density at radius 3 is 1.81 bits per heavy atom. The number of anilines is 2. The van der Waals surface area contributed by atoms with Gasteiger partial charge in [0.2, 0.25) is 0 Å². The van der Waals surface area contributed by atoms with Gasteiger partial charge in [0.1, 0.15) is 0 Å². The monoisotopic (exact) mass is 356 g/mol. The van der Waals surface area contributed by atoms with Crippen molar-refractivity contribution in [2.45, 2.75) is 6.92 Å². The van der Waals surface area contributed by atoms with E-state index in [0.717, 1.165) is 5.56 Å². The second-order valence-electron chi connectivity index (χ2n) is 5.93. The largest absolute Gasteiger partial charge is 0.322 e. The molecule has 2 aromatic carbocycles. The molecule has 27 heavy (non-hydrogen) atoms. The molecule has 6 heteroatoms. The van der Waals surface area contributed by atoms with Crippen molar-refractivity contribution >= 4 is 23.2 Å². The van der Waals surface area contributed by atoms with Crippen LogP contribution in [-0.2, 0) is 0 Å². The van der Waals surface area contributed by atoms with E-state index in [9.17, 15) is 9.59 Å². The first-order chi connectivity index (χ1) is 13.0. The number of carbonyl (C=O) groups is 2. The Bertz CT molecular complexity index is 1020. The number of hydrogen-bond acceptors (Lipinski definition) is 4. The Kier molecular flexibility index (Phi) is 5.24. The van der Waals surface area contributed by atoms with Crippen LogP contribution >= 0.6 is 0 Å². The zero-order chi connectivity index (χ0) is 19.2. The smallest absolute Gasteiger partial charge is 0.257 e. The van der Waals surface area contributed by atoms with Gasteiger partial charge in [0.25, 0.3) is 11.8 Å². The van der Waals surface area contributed by atoms with E-state index in [1.807, 2.05) is 37.3 Å². The highest BCUT2D eigenvalue weighted by molar-refractivity contribution is 6.08. The Morgan fingerprint density at radius 2 is 1.33 bits per heavy atom. The quantitative estimate of drug-likeness (QED) is 0.744. The maximum atomic E-state index is 12.4. The first-order valence-corrected chi connectivity index (χ1v) is 8.20. The molecule has 0 bridgehead atoms. The summed E-state index contributed by atoms with van der Waals surface area (Å²) in [5.41, 5.74) is 3.35. The molecule has 3 aromatic rings. The first kappa shape index (κ1) is 17.8. The van der Waals surface area contributed by atoms with Gasteiger partial charge in [-0.3, -0.25) is 14.6 Å². The molecule has 6 nitrogen and oxygen atoms in total. The van der Waals surface area contributed by atoms with Gasteiger partial charge in [0, 0.05) is 23.8 Å². The van der Waals surface area contributed by atoms with E-state index < -0.39 is 5.91 Å². The van der Waals surface area contributed by atoms with Gasteiger partial charge in [0.15, 0.2) is 0 Å². The molecule has 0 unspecified atom stereocenters. The number of nitriles is 1. The molecule has 0 spiro atoms. The van der Waals surface area contributed by atoms with E-state index in [4.69, 9.17) is 5.26 Å². The Hall–Kier alpha value is -3.98. The third-order valence-electron chi connectivity index (χ3n) is 3.84. The lowest BCUT2D eigenvalue weighted by Gasteiger charge is -2.08. The fraction of sp³-hybridized carbons (Fsp3) is 0.0476. The van der Waals surface area contributed by atoms with Crippen LogP contribution in [-0.4, -0.2) is 16.8 Å². The van der Waals surface area contributed by atoms with Gasteiger partial charge in [-0.05, 0) is 49.4 Å². The van der Waals surface area contributed by atoms with Crippen LogP contribution in [0.3, 0.4) is 0 Å². The predicted octanol–water partition coefficient (Wildman–Crippen LogP) is 3.77. The number of pyridine rings is 1. The second-order valence-corrected chi connectivity index (χ2v) is 5.93. The van der Waals surface area contributed by atoms with Crippen molar-refractivity contribution in [3.05, 3.63) is 89.2 Å². The average molecular weight is 356 g/mol. The lowest BCUT2D eigenvalue weighted by Crippen LogP contribution is -2.16. The van der Waals surface area contributed by atoms with Crippen molar-refractivity contribution in [1.82, 2.24) is 4.98 Å². The molecule has 132 valence electrons. The minimum absolute atomic E-state index is 0.260. The minimum atomic E-state index is -0.391. The van der Waals surface area contributed by atoms with Gasteiger partial charge in [-0.2, -0.15) is 5.26 Å². The van der Waals surface area contributed by atoms with E-state index in [0.29, 0.717) is 16.9 Å². The summed E-state index contributed by atoms with van der Waals surface area (Å²) >= 11 is 0. The summed E-state index contributed by atoms with van der Waals surface area (Å²) in [4.78, 5) is 28.8. The molecule has 2 N–H and O–H groups in total.